The van der Waals surface area contributed by atoms with E-state index in [0.29, 0.717) is 16.7 Å². The van der Waals surface area contributed by atoms with Crippen molar-refractivity contribution in [1.29, 1.82) is 0 Å². The van der Waals surface area contributed by atoms with Gasteiger partial charge in [-0.1, -0.05) is 60.7 Å². The number of hydrogen-bond donors (Lipinski definition) is 2. The standard InChI is InChI=1S/C24H23F2O5P/c25-18-13-21(28)22(14-19(18)26)31-24-20(27)11-12-30-23(24)15-32(29,16-7-3-1-4-8-16)17-9-5-2-6-10-17/h1-10,13-14,20,23-24,27-28H,11-12,15H2/t20-,23-,24+/m1/s1. The molecule has 168 valence electrons. The first-order valence-corrected chi connectivity index (χ1v) is 12.1. The average Bonchev–Trinajstić information content (AvgIpc) is 2.80. The lowest BCUT2D eigenvalue weighted by atomic mass is 10.0. The molecule has 1 fully saturated rings. The molecule has 3 aromatic rings. The minimum atomic E-state index is -3.20. The van der Waals surface area contributed by atoms with Gasteiger partial charge >= 0.3 is 0 Å². The fourth-order valence-electron chi connectivity index (χ4n) is 3.87. The third kappa shape index (κ3) is 4.56. The van der Waals surface area contributed by atoms with Crippen LogP contribution in [0.5, 0.6) is 11.5 Å². The van der Waals surface area contributed by atoms with Crippen molar-refractivity contribution < 1.29 is 33.0 Å². The number of ether oxygens (including phenoxy) is 2. The van der Waals surface area contributed by atoms with E-state index in [-0.39, 0.29) is 24.9 Å². The van der Waals surface area contributed by atoms with Gasteiger partial charge in [-0.25, -0.2) is 8.78 Å². The van der Waals surface area contributed by atoms with E-state index in [9.17, 15) is 23.6 Å². The van der Waals surface area contributed by atoms with E-state index in [1.54, 1.807) is 48.5 Å². The number of aromatic hydroxyl groups is 1. The molecule has 0 unspecified atom stereocenters. The van der Waals surface area contributed by atoms with E-state index in [2.05, 4.69) is 0 Å². The van der Waals surface area contributed by atoms with Crippen LogP contribution in [0.1, 0.15) is 6.42 Å². The second-order valence-electron chi connectivity index (χ2n) is 7.68. The molecule has 2 N–H and O–H groups in total. The van der Waals surface area contributed by atoms with Gasteiger partial charge in [-0.2, -0.15) is 0 Å². The monoisotopic (exact) mass is 460 g/mol. The quantitative estimate of drug-likeness (QED) is 0.550. The van der Waals surface area contributed by atoms with Crippen LogP contribution in [0.3, 0.4) is 0 Å². The molecule has 1 heterocycles. The Hall–Kier alpha value is -2.73. The van der Waals surface area contributed by atoms with Crippen LogP contribution in [0.15, 0.2) is 72.8 Å². The van der Waals surface area contributed by atoms with Gasteiger partial charge < -0.3 is 24.3 Å². The zero-order valence-electron chi connectivity index (χ0n) is 17.1. The van der Waals surface area contributed by atoms with Crippen molar-refractivity contribution in [3.05, 3.63) is 84.4 Å². The van der Waals surface area contributed by atoms with Gasteiger partial charge in [0.1, 0.15) is 13.2 Å². The zero-order valence-corrected chi connectivity index (χ0v) is 18.0. The highest BCUT2D eigenvalue weighted by Gasteiger charge is 2.41. The lowest BCUT2D eigenvalue weighted by Gasteiger charge is -2.37. The molecule has 0 bridgehead atoms. The fraction of sp³-hybridized carbons (Fsp3) is 0.250. The van der Waals surface area contributed by atoms with Crippen molar-refractivity contribution in [2.24, 2.45) is 0 Å². The predicted octanol–water partition coefficient (Wildman–Crippen LogP) is 3.58. The summed E-state index contributed by atoms with van der Waals surface area (Å²) < 4.78 is 53.1. The fourth-order valence-corrected chi connectivity index (χ4v) is 6.72. The minimum Gasteiger partial charge on any atom is -0.504 e. The van der Waals surface area contributed by atoms with Crippen molar-refractivity contribution in [2.75, 3.05) is 12.8 Å². The molecule has 3 aromatic carbocycles. The first-order chi connectivity index (χ1) is 15.4. The van der Waals surface area contributed by atoms with Gasteiger partial charge in [0, 0.05) is 41.9 Å². The minimum absolute atomic E-state index is 0.0210. The maximum Gasteiger partial charge on any atom is 0.164 e. The second kappa shape index (κ2) is 9.41. The summed E-state index contributed by atoms with van der Waals surface area (Å²) in [4.78, 5) is 0. The molecular weight excluding hydrogens is 437 g/mol. The van der Waals surface area contributed by atoms with Crippen molar-refractivity contribution >= 4 is 17.8 Å². The Bertz CT molecular complexity index is 1070. The van der Waals surface area contributed by atoms with E-state index < -0.39 is 42.8 Å². The van der Waals surface area contributed by atoms with E-state index in [0.717, 1.165) is 6.07 Å². The first-order valence-electron chi connectivity index (χ1n) is 10.2. The van der Waals surface area contributed by atoms with E-state index >= 15 is 0 Å². The van der Waals surface area contributed by atoms with Crippen LogP contribution in [0, 0.1) is 11.6 Å². The van der Waals surface area contributed by atoms with Crippen molar-refractivity contribution in [3.63, 3.8) is 0 Å². The number of rotatable bonds is 6. The molecule has 4 rings (SSSR count). The molecular formula is C24H23F2O5P. The van der Waals surface area contributed by atoms with Gasteiger partial charge in [-0.3, -0.25) is 0 Å². The summed E-state index contributed by atoms with van der Waals surface area (Å²) in [7, 11) is -3.20. The summed E-state index contributed by atoms with van der Waals surface area (Å²) in [6, 6.07) is 19.3. The number of hydrogen-bond acceptors (Lipinski definition) is 5. The molecule has 32 heavy (non-hydrogen) atoms. The first kappa shape index (κ1) is 22.5. The molecule has 0 aliphatic carbocycles. The van der Waals surface area contributed by atoms with Gasteiger partial charge in [-0.15, -0.1) is 0 Å². The summed E-state index contributed by atoms with van der Waals surface area (Å²) in [5.41, 5.74) is 0. The van der Waals surface area contributed by atoms with Crippen LogP contribution in [-0.2, 0) is 9.30 Å². The molecule has 0 aromatic heterocycles. The number of benzene rings is 3. The molecule has 1 saturated heterocycles. The largest absolute Gasteiger partial charge is 0.504 e. The van der Waals surface area contributed by atoms with Crippen LogP contribution in [0.2, 0.25) is 0 Å². The summed E-state index contributed by atoms with van der Waals surface area (Å²) in [6.07, 6.45) is -2.61. The number of aliphatic hydroxyl groups is 1. The predicted molar refractivity (Wildman–Crippen MR) is 117 cm³/mol. The normalized spacial score (nSPS) is 21.3. The molecule has 8 heteroatoms. The maximum absolute atomic E-state index is 14.4. The number of halogens is 2. The van der Waals surface area contributed by atoms with Gasteiger partial charge in [0.25, 0.3) is 0 Å². The Kier molecular flexibility index (Phi) is 6.60. The molecule has 0 spiro atoms. The highest BCUT2D eigenvalue weighted by Crippen LogP contribution is 2.46. The van der Waals surface area contributed by atoms with E-state index in [1.807, 2.05) is 12.1 Å². The summed E-state index contributed by atoms with van der Waals surface area (Å²) in [6.45, 7) is 0.221. The number of phenols is 1. The molecule has 0 amide bonds. The Balaban J connectivity index is 1.69. The highest BCUT2D eigenvalue weighted by molar-refractivity contribution is 7.78. The average molecular weight is 460 g/mol. The summed E-state index contributed by atoms with van der Waals surface area (Å²) >= 11 is 0. The van der Waals surface area contributed by atoms with Gasteiger partial charge in [0.2, 0.25) is 0 Å². The number of phenolic OH excluding ortho intramolecular Hbond substituents is 1. The van der Waals surface area contributed by atoms with Crippen LogP contribution < -0.4 is 15.3 Å². The van der Waals surface area contributed by atoms with Gasteiger partial charge in [0.15, 0.2) is 29.2 Å². The molecule has 3 atom stereocenters. The maximum atomic E-state index is 14.4. The SMILES string of the molecule is O=P(C[C@H]1OCC[C@@H](O)[C@@H]1Oc1cc(F)c(F)cc1O)(c1ccccc1)c1ccccc1. The molecule has 0 radical (unpaired) electrons. The van der Waals surface area contributed by atoms with Crippen LogP contribution >= 0.6 is 7.14 Å². The smallest absolute Gasteiger partial charge is 0.164 e. The van der Waals surface area contributed by atoms with Gasteiger partial charge in [0.05, 0.1) is 6.10 Å². The van der Waals surface area contributed by atoms with Crippen molar-refractivity contribution in [1.82, 2.24) is 0 Å². The van der Waals surface area contributed by atoms with Gasteiger partial charge in [-0.05, 0) is 0 Å². The summed E-state index contributed by atoms with van der Waals surface area (Å²) in [5.74, 6) is -3.34. The Morgan fingerprint density at radius 2 is 1.53 bits per heavy atom. The molecule has 1 aliphatic rings. The van der Waals surface area contributed by atoms with Crippen LogP contribution in [0.4, 0.5) is 8.78 Å². The number of aliphatic hydroxyl groups excluding tert-OH is 1. The summed E-state index contributed by atoms with van der Waals surface area (Å²) in [5, 5.41) is 21.9. The lowest BCUT2D eigenvalue weighted by Crippen LogP contribution is -2.50. The van der Waals surface area contributed by atoms with E-state index in [4.69, 9.17) is 9.47 Å². The zero-order chi connectivity index (χ0) is 22.7. The Morgan fingerprint density at radius 3 is 2.12 bits per heavy atom. The van der Waals surface area contributed by atoms with Crippen molar-refractivity contribution in [2.45, 2.75) is 24.7 Å². The second-order valence-corrected chi connectivity index (χ2v) is 10.6. The van der Waals surface area contributed by atoms with E-state index in [1.165, 1.54) is 0 Å². The van der Waals surface area contributed by atoms with Crippen molar-refractivity contribution in [3.8, 4) is 11.5 Å². The molecule has 0 saturated carbocycles. The van der Waals surface area contributed by atoms with Crippen LogP contribution in [0.25, 0.3) is 0 Å². The Labute approximate surface area is 184 Å². The highest BCUT2D eigenvalue weighted by atomic mass is 31.2. The topological polar surface area (TPSA) is 76.0 Å². The third-order valence-electron chi connectivity index (χ3n) is 5.54. The molecule has 1 aliphatic heterocycles. The molecule has 5 nitrogen and oxygen atoms in total. The Morgan fingerprint density at radius 1 is 0.969 bits per heavy atom. The lowest BCUT2D eigenvalue weighted by molar-refractivity contribution is -0.115. The van der Waals surface area contributed by atoms with Crippen LogP contribution in [-0.4, -0.2) is 41.3 Å². The third-order valence-corrected chi connectivity index (χ3v) is 8.68.